The third-order valence-electron chi connectivity index (χ3n) is 4.31. The number of carbonyl (C=O) groups is 1. The minimum atomic E-state index is 0. The summed E-state index contributed by atoms with van der Waals surface area (Å²) in [5.41, 5.74) is 7.87. The van der Waals surface area contributed by atoms with Crippen molar-refractivity contribution in [3.63, 3.8) is 0 Å². The number of hydrogen-bond donors (Lipinski definition) is 2. The van der Waals surface area contributed by atoms with Gasteiger partial charge in [0.1, 0.15) is 5.75 Å². The van der Waals surface area contributed by atoms with Gasteiger partial charge in [-0.25, -0.2) is 0 Å². The van der Waals surface area contributed by atoms with Crippen LogP contribution in [0.2, 0.25) is 0 Å². The summed E-state index contributed by atoms with van der Waals surface area (Å²) in [7, 11) is 0. The van der Waals surface area contributed by atoms with Gasteiger partial charge in [-0.2, -0.15) is 0 Å². The van der Waals surface area contributed by atoms with Gasteiger partial charge in [-0.3, -0.25) is 4.79 Å². The molecule has 2 atom stereocenters. The maximum Gasteiger partial charge on any atom is 0.227 e. The van der Waals surface area contributed by atoms with Gasteiger partial charge in [0.15, 0.2) is 0 Å². The maximum absolute atomic E-state index is 12.4. The van der Waals surface area contributed by atoms with Gasteiger partial charge in [0.05, 0.1) is 6.61 Å². The van der Waals surface area contributed by atoms with E-state index in [-0.39, 0.29) is 30.3 Å². The molecule has 4 nitrogen and oxygen atoms in total. The molecule has 2 rings (SSSR count). The largest absolute Gasteiger partial charge is 0.494 e. The van der Waals surface area contributed by atoms with Crippen LogP contribution in [0.5, 0.6) is 5.75 Å². The predicted molar refractivity (Wildman–Crippen MR) is 97.4 cm³/mol. The molecule has 1 aromatic carbocycles. The monoisotopic (exact) mass is 340 g/mol. The van der Waals surface area contributed by atoms with Crippen LogP contribution in [0.15, 0.2) is 18.2 Å². The van der Waals surface area contributed by atoms with Gasteiger partial charge in [0, 0.05) is 17.6 Å². The predicted octanol–water partition coefficient (Wildman–Crippen LogP) is 4.05. The first-order valence-electron chi connectivity index (χ1n) is 8.40. The Kier molecular flexibility index (Phi) is 8.42. The van der Waals surface area contributed by atoms with Crippen molar-refractivity contribution in [2.24, 2.45) is 11.7 Å². The van der Waals surface area contributed by atoms with E-state index < -0.39 is 0 Å². The Bertz CT molecular complexity index is 508. The molecule has 1 fully saturated rings. The summed E-state index contributed by atoms with van der Waals surface area (Å²) in [5, 5.41) is 3.04. The average Bonchev–Trinajstić information content (AvgIpc) is 2.50. The molecule has 0 saturated heterocycles. The Morgan fingerprint density at radius 3 is 2.83 bits per heavy atom. The quantitative estimate of drug-likeness (QED) is 0.768. The van der Waals surface area contributed by atoms with Crippen molar-refractivity contribution in [3.8, 4) is 5.75 Å². The second kappa shape index (κ2) is 9.78. The molecule has 3 N–H and O–H groups in total. The summed E-state index contributed by atoms with van der Waals surface area (Å²) in [4.78, 5) is 12.4. The highest BCUT2D eigenvalue weighted by Crippen LogP contribution is 2.26. The fraction of sp³-hybridized carbons (Fsp3) is 0.611. The van der Waals surface area contributed by atoms with E-state index in [9.17, 15) is 4.79 Å². The number of halogens is 1. The molecule has 1 saturated carbocycles. The van der Waals surface area contributed by atoms with E-state index in [1.54, 1.807) is 0 Å². The van der Waals surface area contributed by atoms with Gasteiger partial charge < -0.3 is 15.8 Å². The lowest BCUT2D eigenvalue weighted by molar-refractivity contribution is -0.120. The standard InChI is InChI=1S/C18H28N2O2.ClH/c1-3-4-10-22-16-8-9-17(13(2)11-16)20-18(21)14-6-5-7-15(19)12-14;/h8-9,11,14-15H,3-7,10,12,19H2,1-2H3,(H,20,21);1H. The van der Waals surface area contributed by atoms with Crippen LogP contribution in [0.4, 0.5) is 5.69 Å². The molecule has 130 valence electrons. The van der Waals surface area contributed by atoms with Crippen molar-refractivity contribution in [2.75, 3.05) is 11.9 Å². The lowest BCUT2D eigenvalue weighted by Gasteiger charge is -2.26. The number of benzene rings is 1. The van der Waals surface area contributed by atoms with Crippen LogP contribution in [0.25, 0.3) is 0 Å². The number of carbonyl (C=O) groups excluding carboxylic acids is 1. The summed E-state index contributed by atoms with van der Waals surface area (Å²) < 4.78 is 5.69. The number of ether oxygens (including phenoxy) is 1. The molecular formula is C18H29ClN2O2. The molecule has 0 aromatic heterocycles. The first-order valence-corrected chi connectivity index (χ1v) is 8.40. The van der Waals surface area contributed by atoms with E-state index in [4.69, 9.17) is 10.5 Å². The van der Waals surface area contributed by atoms with Gasteiger partial charge in [-0.05, 0) is 56.4 Å². The third kappa shape index (κ3) is 6.04. The van der Waals surface area contributed by atoms with E-state index >= 15 is 0 Å². The molecular weight excluding hydrogens is 312 g/mol. The molecule has 0 heterocycles. The van der Waals surface area contributed by atoms with Crippen molar-refractivity contribution in [1.82, 2.24) is 0 Å². The van der Waals surface area contributed by atoms with Gasteiger partial charge in [-0.1, -0.05) is 19.8 Å². The zero-order chi connectivity index (χ0) is 15.9. The Balaban J connectivity index is 0.00000264. The van der Waals surface area contributed by atoms with Crippen LogP contribution in [-0.2, 0) is 4.79 Å². The van der Waals surface area contributed by atoms with Crippen molar-refractivity contribution in [1.29, 1.82) is 0 Å². The van der Waals surface area contributed by atoms with Gasteiger partial charge in [0.25, 0.3) is 0 Å². The van der Waals surface area contributed by atoms with E-state index in [0.29, 0.717) is 0 Å². The van der Waals surface area contributed by atoms with Crippen LogP contribution < -0.4 is 15.8 Å². The van der Waals surface area contributed by atoms with Crippen LogP contribution in [0.3, 0.4) is 0 Å². The zero-order valence-electron chi connectivity index (χ0n) is 14.1. The van der Waals surface area contributed by atoms with Crippen LogP contribution in [-0.4, -0.2) is 18.6 Å². The van der Waals surface area contributed by atoms with Crippen molar-refractivity contribution < 1.29 is 9.53 Å². The molecule has 0 radical (unpaired) electrons. The molecule has 23 heavy (non-hydrogen) atoms. The van der Waals surface area contributed by atoms with Crippen LogP contribution in [0.1, 0.15) is 51.0 Å². The minimum absolute atomic E-state index is 0. The second-order valence-electron chi connectivity index (χ2n) is 6.29. The molecule has 0 aliphatic heterocycles. The Morgan fingerprint density at radius 2 is 2.17 bits per heavy atom. The highest BCUT2D eigenvalue weighted by atomic mass is 35.5. The summed E-state index contributed by atoms with van der Waals surface area (Å²) in [6.07, 6.45) is 5.99. The Morgan fingerprint density at radius 1 is 1.39 bits per heavy atom. The Labute approximate surface area is 145 Å². The van der Waals surface area contributed by atoms with Crippen LogP contribution >= 0.6 is 12.4 Å². The molecule has 0 bridgehead atoms. The number of aryl methyl sites for hydroxylation is 1. The highest BCUT2D eigenvalue weighted by molar-refractivity contribution is 5.93. The van der Waals surface area contributed by atoms with E-state index in [0.717, 1.165) is 62.1 Å². The summed E-state index contributed by atoms with van der Waals surface area (Å²) in [6, 6.07) is 6.00. The number of rotatable bonds is 6. The molecule has 1 aliphatic carbocycles. The third-order valence-corrected chi connectivity index (χ3v) is 4.31. The van der Waals surface area contributed by atoms with Crippen molar-refractivity contribution in [3.05, 3.63) is 23.8 Å². The topological polar surface area (TPSA) is 64.3 Å². The van der Waals surface area contributed by atoms with Crippen LogP contribution in [0, 0.1) is 12.8 Å². The van der Waals surface area contributed by atoms with E-state index in [2.05, 4.69) is 12.2 Å². The smallest absolute Gasteiger partial charge is 0.227 e. The van der Waals surface area contributed by atoms with Crippen molar-refractivity contribution >= 4 is 24.0 Å². The number of nitrogens with one attached hydrogen (secondary N) is 1. The maximum atomic E-state index is 12.4. The molecule has 1 aromatic rings. The molecule has 1 amide bonds. The number of anilines is 1. The van der Waals surface area contributed by atoms with Crippen molar-refractivity contribution in [2.45, 2.75) is 58.4 Å². The normalized spacial score (nSPS) is 20.5. The Hall–Kier alpha value is -1.26. The summed E-state index contributed by atoms with van der Waals surface area (Å²) in [5.74, 6) is 1.00. The highest BCUT2D eigenvalue weighted by Gasteiger charge is 2.25. The lowest BCUT2D eigenvalue weighted by atomic mass is 9.85. The van der Waals surface area contributed by atoms with E-state index in [1.165, 1.54) is 0 Å². The SMILES string of the molecule is CCCCOc1ccc(NC(=O)C2CCCC(N)C2)c(C)c1.Cl. The zero-order valence-corrected chi connectivity index (χ0v) is 15.0. The number of nitrogens with two attached hydrogens (primary N) is 1. The number of amides is 1. The summed E-state index contributed by atoms with van der Waals surface area (Å²) >= 11 is 0. The van der Waals surface area contributed by atoms with Gasteiger partial charge in [0.2, 0.25) is 5.91 Å². The van der Waals surface area contributed by atoms with Gasteiger partial charge >= 0.3 is 0 Å². The van der Waals surface area contributed by atoms with E-state index in [1.807, 2.05) is 25.1 Å². The van der Waals surface area contributed by atoms with Gasteiger partial charge in [-0.15, -0.1) is 12.4 Å². The fourth-order valence-electron chi connectivity index (χ4n) is 2.90. The lowest BCUT2D eigenvalue weighted by Crippen LogP contribution is -2.34. The molecule has 2 unspecified atom stereocenters. The molecule has 1 aliphatic rings. The minimum Gasteiger partial charge on any atom is -0.494 e. The first kappa shape index (κ1) is 19.8. The average molecular weight is 341 g/mol. The molecule has 5 heteroatoms. The number of hydrogen-bond acceptors (Lipinski definition) is 3. The fourth-order valence-corrected chi connectivity index (χ4v) is 2.90. The second-order valence-corrected chi connectivity index (χ2v) is 6.29. The summed E-state index contributed by atoms with van der Waals surface area (Å²) in [6.45, 7) is 4.88. The number of unbranched alkanes of at least 4 members (excludes halogenated alkanes) is 1. The molecule has 0 spiro atoms. The first-order chi connectivity index (χ1) is 10.6.